The molecule has 0 radical (unpaired) electrons. The molecule has 6 heteroatoms. The molecule has 3 aliphatic rings. The molecule has 1 aromatic rings. The van der Waals surface area contributed by atoms with Gasteiger partial charge in [-0.05, 0) is 44.4 Å². The summed E-state index contributed by atoms with van der Waals surface area (Å²) in [5, 5.41) is 4.18. The molecule has 150 valence electrons. The van der Waals surface area contributed by atoms with Gasteiger partial charge in [-0.25, -0.2) is 0 Å². The van der Waals surface area contributed by atoms with E-state index in [-0.39, 0.29) is 5.41 Å². The molecule has 3 heterocycles. The standard InChI is InChI=1S/C21H33N3O3/c1-21(10-3-2-4-11-21)20(25)24-12-7-16(15-24)5-6-18-22-19(27-23-18)17-8-13-26-14-9-17/h16-17H,2-15H2,1H3. The number of hydrogen-bond acceptors (Lipinski definition) is 5. The minimum atomic E-state index is -0.112. The van der Waals surface area contributed by atoms with Crippen molar-refractivity contribution < 1.29 is 14.1 Å². The first-order valence-electron chi connectivity index (χ1n) is 10.8. The highest BCUT2D eigenvalue weighted by Gasteiger charge is 2.39. The van der Waals surface area contributed by atoms with Gasteiger partial charge >= 0.3 is 0 Å². The van der Waals surface area contributed by atoms with Gasteiger partial charge in [0.1, 0.15) is 0 Å². The molecule has 1 atom stereocenters. The molecular weight excluding hydrogens is 342 g/mol. The molecule has 27 heavy (non-hydrogen) atoms. The number of likely N-dealkylation sites (tertiary alicyclic amines) is 1. The molecule has 3 fully saturated rings. The SMILES string of the molecule is CC1(C(=O)N2CCC(CCc3noc(C4CCOCC4)n3)C2)CCCCC1. The number of hydrogen-bond donors (Lipinski definition) is 0. The Hall–Kier alpha value is -1.43. The van der Waals surface area contributed by atoms with Crippen molar-refractivity contribution in [3.63, 3.8) is 0 Å². The highest BCUT2D eigenvalue weighted by Crippen LogP contribution is 2.38. The second-order valence-corrected chi connectivity index (χ2v) is 9.00. The third kappa shape index (κ3) is 4.36. The zero-order valence-electron chi connectivity index (χ0n) is 16.6. The molecule has 1 amide bonds. The lowest BCUT2D eigenvalue weighted by molar-refractivity contribution is -0.142. The molecule has 4 rings (SSSR count). The van der Waals surface area contributed by atoms with E-state index in [0.29, 0.717) is 17.7 Å². The number of aromatic nitrogens is 2. The van der Waals surface area contributed by atoms with Crippen LogP contribution in [0.3, 0.4) is 0 Å². The maximum absolute atomic E-state index is 13.0. The summed E-state index contributed by atoms with van der Waals surface area (Å²) in [7, 11) is 0. The van der Waals surface area contributed by atoms with E-state index in [0.717, 1.165) is 83.0 Å². The van der Waals surface area contributed by atoms with Crippen LogP contribution in [0.5, 0.6) is 0 Å². The molecule has 1 unspecified atom stereocenters. The van der Waals surface area contributed by atoms with Crippen LogP contribution < -0.4 is 0 Å². The number of carbonyl (C=O) groups is 1. The van der Waals surface area contributed by atoms with Crippen molar-refractivity contribution >= 4 is 5.91 Å². The number of nitrogens with zero attached hydrogens (tertiary/aromatic N) is 3. The maximum atomic E-state index is 13.0. The van der Waals surface area contributed by atoms with E-state index in [1.807, 2.05) is 0 Å². The third-order valence-electron chi connectivity index (χ3n) is 6.88. The fraction of sp³-hybridized carbons (Fsp3) is 0.857. The van der Waals surface area contributed by atoms with Crippen LogP contribution in [0, 0.1) is 11.3 Å². The van der Waals surface area contributed by atoms with Gasteiger partial charge in [-0.15, -0.1) is 0 Å². The largest absolute Gasteiger partial charge is 0.381 e. The Bertz CT molecular complexity index is 632. The molecule has 0 N–H and O–H groups in total. The summed E-state index contributed by atoms with van der Waals surface area (Å²) in [5.41, 5.74) is -0.112. The van der Waals surface area contributed by atoms with Crippen molar-refractivity contribution in [2.45, 2.75) is 77.0 Å². The Morgan fingerprint density at radius 1 is 1.19 bits per heavy atom. The molecule has 1 aliphatic carbocycles. The Kier molecular flexibility index (Phi) is 5.81. The lowest BCUT2D eigenvalue weighted by Gasteiger charge is -2.35. The minimum absolute atomic E-state index is 0.112. The maximum Gasteiger partial charge on any atom is 0.229 e. The molecule has 6 nitrogen and oxygen atoms in total. The Morgan fingerprint density at radius 3 is 2.74 bits per heavy atom. The van der Waals surface area contributed by atoms with E-state index in [1.165, 1.54) is 19.3 Å². The summed E-state index contributed by atoms with van der Waals surface area (Å²) >= 11 is 0. The predicted octanol–water partition coefficient (Wildman–Crippen LogP) is 3.72. The number of ether oxygens (including phenoxy) is 1. The van der Waals surface area contributed by atoms with Crippen LogP contribution in [0.15, 0.2) is 4.52 Å². The number of carbonyl (C=O) groups excluding carboxylic acids is 1. The van der Waals surface area contributed by atoms with Gasteiger partial charge in [0.15, 0.2) is 5.82 Å². The average Bonchev–Trinajstić information content (AvgIpc) is 3.37. The van der Waals surface area contributed by atoms with Gasteiger partial charge < -0.3 is 14.2 Å². The van der Waals surface area contributed by atoms with Crippen molar-refractivity contribution in [3.8, 4) is 0 Å². The van der Waals surface area contributed by atoms with Gasteiger partial charge in [0, 0.05) is 44.1 Å². The fourth-order valence-electron chi connectivity index (χ4n) is 4.99. The predicted molar refractivity (Wildman–Crippen MR) is 101 cm³/mol. The Labute approximate surface area is 162 Å². The monoisotopic (exact) mass is 375 g/mol. The van der Waals surface area contributed by atoms with E-state index < -0.39 is 0 Å². The van der Waals surface area contributed by atoms with Crippen LogP contribution in [0.4, 0.5) is 0 Å². The molecule has 0 bridgehead atoms. The molecule has 2 saturated heterocycles. The van der Waals surface area contributed by atoms with Crippen molar-refractivity contribution in [2.75, 3.05) is 26.3 Å². The minimum Gasteiger partial charge on any atom is -0.381 e. The zero-order chi connectivity index (χ0) is 18.7. The normalized spacial score (nSPS) is 26.4. The Morgan fingerprint density at radius 2 is 1.96 bits per heavy atom. The highest BCUT2D eigenvalue weighted by atomic mass is 16.5. The van der Waals surface area contributed by atoms with Gasteiger partial charge in [0.05, 0.1) is 0 Å². The number of rotatable bonds is 5. The van der Waals surface area contributed by atoms with Crippen molar-refractivity contribution in [3.05, 3.63) is 11.7 Å². The summed E-state index contributed by atoms with van der Waals surface area (Å²) in [6, 6.07) is 0. The lowest BCUT2D eigenvalue weighted by atomic mass is 9.74. The van der Waals surface area contributed by atoms with Crippen LogP contribution in [0.2, 0.25) is 0 Å². The number of aryl methyl sites for hydroxylation is 1. The third-order valence-corrected chi connectivity index (χ3v) is 6.88. The quantitative estimate of drug-likeness (QED) is 0.785. The van der Waals surface area contributed by atoms with Crippen molar-refractivity contribution in [1.29, 1.82) is 0 Å². The van der Waals surface area contributed by atoms with Gasteiger partial charge in [0.2, 0.25) is 11.8 Å². The first-order chi connectivity index (χ1) is 13.1. The van der Waals surface area contributed by atoms with E-state index in [4.69, 9.17) is 9.26 Å². The van der Waals surface area contributed by atoms with Gasteiger partial charge in [-0.2, -0.15) is 4.98 Å². The van der Waals surface area contributed by atoms with Gasteiger partial charge in [-0.3, -0.25) is 4.79 Å². The van der Waals surface area contributed by atoms with Crippen molar-refractivity contribution in [1.82, 2.24) is 15.0 Å². The van der Waals surface area contributed by atoms with Gasteiger partial charge in [-0.1, -0.05) is 31.3 Å². The summed E-state index contributed by atoms with van der Waals surface area (Å²) in [6.07, 6.45) is 10.7. The topological polar surface area (TPSA) is 68.5 Å². The van der Waals surface area contributed by atoms with E-state index in [9.17, 15) is 4.79 Å². The number of amides is 1. The van der Waals surface area contributed by atoms with Crippen LogP contribution in [0.25, 0.3) is 0 Å². The van der Waals surface area contributed by atoms with Crippen LogP contribution >= 0.6 is 0 Å². The molecule has 1 aromatic heterocycles. The summed E-state index contributed by atoms with van der Waals surface area (Å²) < 4.78 is 10.9. The summed E-state index contributed by atoms with van der Waals surface area (Å²) in [4.78, 5) is 19.7. The van der Waals surface area contributed by atoms with Gasteiger partial charge in [0.25, 0.3) is 0 Å². The Balaban J connectivity index is 1.25. The molecule has 0 spiro atoms. The average molecular weight is 376 g/mol. The smallest absolute Gasteiger partial charge is 0.229 e. The summed E-state index contributed by atoms with van der Waals surface area (Å²) in [5.74, 6) is 2.91. The second kappa shape index (κ2) is 8.29. The second-order valence-electron chi connectivity index (χ2n) is 9.00. The molecule has 1 saturated carbocycles. The fourth-order valence-corrected chi connectivity index (χ4v) is 4.99. The molecule has 0 aromatic carbocycles. The first kappa shape index (κ1) is 18.9. The highest BCUT2D eigenvalue weighted by molar-refractivity contribution is 5.82. The van der Waals surface area contributed by atoms with E-state index in [2.05, 4.69) is 22.0 Å². The zero-order valence-corrected chi connectivity index (χ0v) is 16.6. The van der Waals surface area contributed by atoms with E-state index in [1.54, 1.807) is 0 Å². The van der Waals surface area contributed by atoms with Crippen LogP contribution in [-0.4, -0.2) is 47.3 Å². The lowest BCUT2D eigenvalue weighted by Crippen LogP contribution is -2.42. The first-order valence-corrected chi connectivity index (χ1v) is 10.8. The summed E-state index contributed by atoms with van der Waals surface area (Å²) in [6.45, 7) is 5.57. The molecular formula is C21H33N3O3. The van der Waals surface area contributed by atoms with Crippen LogP contribution in [-0.2, 0) is 16.0 Å². The van der Waals surface area contributed by atoms with Crippen molar-refractivity contribution in [2.24, 2.45) is 11.3 Å². The van der Waals surface area contributed by atoms with Crippen LogP contribution in [0.1, 0.15) is 82.3 Å². The van der Waals surface area contributed by atoms with E-state index >= 15 is 0 Å². The molecule has 2 aliphatic heterocycles.